The molecule has 3 rings (SSSR count). The van der Waals surface area contributed by atoms with Crippen LogP contribution in [0.1, 0.15) is 31.1 Å². The number of nitrogens with two attached hydrogens (primary N) is 1. The number of primary amides is 1. The van der Waals surface area contributed by atoms with Crippen molar-refractivity contribution in [3.8, 4) is 16.9 Å². The van der Waals surface area contributed by atoms with E-state index in [0.29, 0.717) is 10.8 Å². The molecule has 2 aromatic carbocycles. The molecule has 2 aromatic rings. The smallest absolute Gasteiger partial charge is 0.405 e. The molecule has 1 aliphatic rings. The zero-order valence-corrected chi connectivity index (χ0v) is 14.7. The first-order chi connectivity index (χ1) is 11.3. The quantitative estimate of drug-likeness (QED) is 0.874. The molecule has 2 N–H and O–H groups in total. The van der Waals surface area contributed by atoms with Gasteiger partial charge in [0.2, 0.25) is 0 Å². The number of ether oxygens (including phenoxy) is 2. The van der Waals surface area contributed by atoms with Crippen molar-refractivity contribution in [1.29, 1.82) is 0 Å². The Morgan fingerprint density at radius 3 is 2.54 bits per heavy atom. The lowest BCUT2D eigenvalue weighted by Crippen LogP contribution is -2.25. The summed E-state index contributed by atoms with van der Waals surface area (Å²) in [4.78, 5) is 11.2. The Labute approximate surface area is 146 Å². The Morgan fingerprint density at radius 2 is 1.88 bits per heavy atom. The fraction of sp³-hybridized carbons (Fsp3) is 0.316. The molecule has 126 valence electrons. The minimum Gasteiger partial charge on any atom is -0.495 e. The van der Waals surface area contributed by atoms with Crippen molar-refractivity contribution in [2.45, 2.75) is 26.4 Å². The van der Waals surface area contributed by atoms with Crippen LogP contribution in [0.2, 0.25) is 5.02 Å². The minimum atomic E-state index is -0.743. The van der Waals surface area contributed by atoms with Gasteiger partial charge < -0.3 is 15.2 Å². The molecule has 1 aliphatic carbocycles. The highest BCUT2D eigenvalue weighted by atomic mass is 35.5. The predicted molar refractivity (Wildman–Crippen MR) is 94.3 cm³/mol. The van der Waals surface area contributed by atoms with Crippen LogP contribution >= 0.6 is 11.6 Å². The summed E-state index contributed by atoms with van der Waals surface area (Å²) in [5, 5.41) is 0.582. The molecule has 1 unspecified atom stereocenters. The Bertz CT molecular complexity index is 801. The number of benzene rings is 2. The number of methoxy groups -OCH3 is 1. The van der Waals surface area contributed by atoms with Gasteiger partial charge in [-0.2, -0.15) is 0 Å². The van der Waals surface area contributed by atoms with Crippen LogP contribution < -0.4 is 10.5 Å². The number of hydrogen-bond acceptors (Lipinski definition) is 3. The maximum absolute atomic E-state index is 11.2. The molecule has 0 radical (unpaired) electrons. The standard InChI is InChI=1S/C19H20ClNO3/c1-19(2)10-13-8-11(4-6-14(13)17(19)24-18(21)22)12-5-7-15(20)16(9-12)23-3/h4-9,17H,10H2,1-3H3,(H2,21,22). The van der Waals surface area contributed by atoms with Crippen molar-refractivity contribution < 1.29 is 14.3 Å². The number of rotatable bonds is 3. The van der Waals surface area contributed by atoms with Gasteiger partial charge in [-0.25, -0.2) is 4.79 Å². The van der Waals surface area contributed by atoms with Crippen molar-refractivity contribution in [2.75, 3.05) is 7.11 Å². The van der Waals surface area contributed by atoms with Gasteiger partial charge in [0.1, 0.15) is 11.9 Å². The molecule has 0 heterocycles. The van der Waals surface area contributed by atoms with E-state index in [1.165, 1.54) is 0 Å². The molecule has 1 atom stereocenters. The number of fused-ring (bicyclic) bond motifs is 1. The van der Waals surface area contributed by atoms with Crippen molar-refractivity contribution >= 4 is 17.7 Å². The second-order valence-corrected chi connectivity index (χ2v) is 7.15. The highest BCUT2D eigenvalue weighted by molar-refractivity contribution is 6.32. The van der Waals surface area contributed by atoms with E-state index in [2.05, 4.69) is 19.9 Å². The van der Waals surface area contributed by atoms with Crippen LogP contribution in [0.25, 0.3) is 11.1 Å². The lowest BCUT2D eigenvalue weighted by molar-refractivity contribution is 0.0392. The normalized spacial score (nSPS) is 18.1. The Morgan fingerprint density at radius 1 is 1.21 bits per heavy atom. The molecule has 0 fully saturated rings. The molecule has 0 bridgehead atoms. The molecule has 0 spiro atoms. The molecule has 0 aliphatic heterocycles. The summed E-state index contributed by atoms with van der Waals surface area (Å²) in [6.07, 6.45) is -0.245. The third kappa shape index (κ3) is 2.94. The molecule has 1 amide bonds. The van der Waals surface area contributed by atoms with Crippen LogP contribution in [0.15, 0.2) is 36.4 Å². The first kappa shape index (κ1) is 16.7. The molecule has 4 nitrogen and oxygen atoms in total. The number of carbonyl (C=O) groups is 1. The third-order valence-corrected chi connectivity index (χ3v) is 4.81. The third-order valence-electron chi connectivity index (χ3n) is 4.50. The van der Waals surface area contributed by atoms with Gasteiger partial charge in [0.05, 0.1) is 12.1 Å². The van der Waals surface area contributed by atoms with Gasteiger partial charge in [-0.1, -0.05) is 49.7 Å². The van der Waals surface area contributed by atoms with Gasteiger partial charge in [-0.3, -0.25) is 0 Å². The summed E-state index contributed by atoms with van der Waals surface area (Å²) in [6, 6.07) is 11.9. The molecule has 0 saturated carbocycles. The largest absolute Gasteiger partial charge is 0.495 e. The zero-order valence-electron chi connectivity index (χ0n) is 13.9. The van der Waals surface area contributed by atoms with Gasteiger partial charge in [0.25, 0.3) is 0 Å². The second kappa shape index (κ2) is 6.02. The van der Waals surface area contributed by atoms with Gasteiger partial charge in [-0.05, 0) is 40.8 Å². The van der Waals surface area contributed by atoms with E-state index in [0.717, 1.165) is 28.7 Å². The van der Waals surface area contributed by atoms with Gasteiger partial charge >= 0.3 is 6.09 Å². The molecule has 5 heteroatoms. The van der Waals surface area contributed by atoms with Crippen LogP contribution in [0.3, 0.4) is 0 Å². The van der Waals surface area contributed by atoms with Gasteiger partial charge in [0, 0.05) is 5.41 Å². The molecular formula is C19H20ClNO3. The predicted octanol–water partition coefficient (Wildman–Crippen LogP) is 4.73. The number of hydrogen-bond donors (Lipinski definition) is 1. The van der Waals surface area contributed by atoms with Crippen LogP contribution in [0.4, 0.5) is 4.79 Å². The Kier molecular flexibility index (Phi) is 4.18. The second-order valence-electron chi connectivity index (χ2n) is 6.75. The lowest BCUT2D eigenvalue weighted by Gasteiger charge is -2.26. The molecule has 24 heavy (non-hydrogen) atoms. The van der Waals surface area contributed by atoms with Gasteiger partial charge in [0.15, 0.2) is 0 Å². The van der Waals surface area contributed by atoms with E-state index in [9.17, 15) is 4.79 Å². The van der Waals surface area contributed by atoms with Crippen LogP contribution in [-0.4, -0.2) is 13.2 Å². The fourth-order valence-corrected chi connectivity index (χ4v) is 3.57. The number of halogens is 1. The minimum absolute atomic E-state index is 0.187. The fourth-order valence-electron chi connectivity index (χ4n) is 3.38. The SMILES string of the molecule is COc1cc(-c2ccc3c(c2)CC(C)(C)C3OC(N)=O)ccc1Cl. The van der Waals surface area contributed by atoms with E-state index in [4.69, 9.17) is 26.8 Å². The van der Waals surface area contributed by atoms with Gasteiger partial charge in [-0.15, -0.1) is 0 Å². The summed E-state index contributed by atoms with van der Waals surface area (Å²) in [5.41, 5.74) is 9.32. The average Bonchev–Trinajstić information content (AvgIpc) is 2.77. The number of carbonyl (C=O) groups excluding carboxylic acids is 1. The van der Waals surface area contributed by atoms with E-state index < -0.39 is 6.09 Å². The molecule has 0 aromatic heterocycles. The Hall–Kier alpha value is -2.20. The summed E-state index contributed by atoms with van der Waals surface area (Å²) < 4.78 is 10.6. The van der Waals surface area contributed by atoms with Crippen LogP contribution in [0.5, 0.6) is 5.75 Å². The van der Waals surface area contributed by atoms with E-state index >= 15 is 0 Å². The van der Waals surface area contributed by atoms with E-state index in [1.807, 2.05) is 30.3 Å². The maximum atomic E-state index is 11.2. The van der Waals surface area contributed by atoms with Crippen molar-refractivity contribution in [3.05, 3.63) is 52.5 Å². The van der Waals surface area contributed by atoms with Crippen LogP contribution in [0, 0.1) is 5.41 Å². The van der Waals surface area contributed by atoms with Crippen LogP contribution in [-0.2, 0) is 11.2 Å². The highest BCUT2D eigenvalue weighted by Crippen LogP contribution is 2.48. The highest BCUT2D eigenvalue weighted by Gasteiger charge is 2.41. The van der Waals surface area contributed by atoms with E-state index in [1.54, 1.807) is 7.11 Å². The monoisotopic (exact) mass is 345 g/mol. The number of amides is 1. The maximum Gasteiger partial charge on any atom is 0.405 e. The summed E-state index contributed by atoms with van der Waals surface area (Å²) in [5.74, 6) is 0.643. The summed E-state index contributed by atoms with van der Waals surface area (Å²) in [6.45, 7) is 4.15. The molecular weight excluding hydrogens is 326 g/mol. The summed E-state index contributed by atoms with van der Waals surface area (Å²) in [7, 11) is 1.60. The van der Waals surface area contributed by atoms with E-state index in [-0.39, 0.29) is 11.5 Å². The summed E-state index contributed by atoms with van der Waals surface area (Å²) >= 11 is 6.10. The zero-order chi connectivity index (χ0) is 17.5. The Balaban J connectivity index is 2.00. The van der Waals surface area contributed by atoms with Crippen molar-refractivity contribution in [2.24, 2.45) is 11.1 Å². The first-order valence-corrected chi connectivity index (χ1v) is 8.12. The topological polar surface area (TPSA) is 61.6 Å². The molecule has 0 saturated heterocycles. The lowest BCUT2D eigenvalue weighted by atomic mass is 9.87. The van der Waals surface area contributed by atoms with Crippen molar-refractivity contribution in [1.82, 2.24) is 0 Å². The average molecular weight is 346 g/mol. The van der Waals surface area contributed by atoms with Crippen molar-refractivity contribution in [3.63, 3.8) is 0 Å². The first-order valence-electron chi connectivity index (χ1n) is 7.74.